The number of benzene rings is 2. The molecule has 4 aromatic rings. The van der Waals surface area contributed by atoms with E-state index in [4.69, 9.17) is 0 Å². The zero-order valence-corrected chi connectivity index (χ0v) is 17.5. The number of phenolic OH excluding ortho intramolecular Hbond substituents is 1. The maximum absolute atomic E-state index is 13.1. The van der Waals surface area contributed by atoms with E-state index in [1.54, 1.807) is 55.3 Å². The number of amides is 1. The van der Waals surface area contributed by atoms with Gasteiger partial charge < -0.3 is 10.0 Å². The second-order valence-corrected chi connectivity index (χ2v) is 8.23. The van der Waals surface area contributed by atoms with Crippen molar-refractivity contribution >= 4 is 27.5 Å². The molecule has 0 aliphatic heterocycles. The molecule has 0 saturated heterocycles. The second-order valence-electron chi connectivity index (χ2n) is 7.20. The molecule has 4 rings (SSSR count). The summed E-state index contributed by atoms with van der Waals surface area (Å²) < 4.78 is 40.8. The summed E-state index contributed by atoms with van der Waals surface area (Å²) >= 11 is 1.19. The summed E-state index contributed by atoms with van der Waals surface area (Å²) in [6, 6.07) is 13.3. The molecule has 0 fully saturated rings. The van der Waals surface area contributed by atoms with Gasteiger partial charge in [-0.2, -0.15) is 18.3 Å². The number of rotatable bonds is 4. The molecule has 0 radical (unpaired) electrons. The van der Waals surface area contributed by atoms with Crippen LogP contribution in [0.4, 0.5) is 13.2 Å². The third-order valence-electron chi connectivity index (χ3n) is 4.88. The molecule has 2 aromatic carbocycles. The summed E-state index contributed by atoms with van der Waals surface area (Å²) in [5, 5.41) is 14.5. The van der Waals surface area contributed by atoms with Crippen molar-refractivity contribution in [3.8, 4) is 11.4 Å². The molecule has 2 aromatic heterocycles. The first-order chi connectivity index (χ1) is 14.6. The Kier molecular flexibility index (Phi) is 5.22. The number of phenols is 1. The molecule has 2 heterocycles. The monoisotopic (exact) mass is 445 g/mol. The molecule has 1 amide bonds. The predicted octanol–water partition coefficient (Wildman–Crippen LogP) is 5.39. The Morgan fingerprint density at radius 2 is 1.87 bits per heavy atom. The van der Waals surface area contributed by atoms with Gasteiger partial charge in [0.05, 0.1) is 21.8 Å². The van der Waals surface area contributed by atoms with Crippen LogP contribution >= 0.6 is 11.3 Å². The van der Waals surface area contributed by atoms with Gasteiger partial charge in [0.25, 0.3) is 5.91 Å². The summed E-state index contributed by atoms with van der Waals surface area (Å²) in [5.74, 6) is -0.0545. The molecule has 31 heavy (non-hydrogen) atoms. The summed E-state index contributed by atoms with van der Waals surface area (Å²) in [5.41, 5.74) is 1.02. The minimum atomic E-state index is -4.45. The van der Waals surface area contributed by atoms with Crippen molar-refractivity contribution in [2.45, 2.75) is 19.6 Å². The molecular formula is C22H18F3N3O2S. The number of thiophene rings is 1. The van der Waals surface area contributed by atoms with E-state index in [9.17, 15) is 23.1 Å². The van der Waals surface area contributed by atoms with Crippen LogP contribution in [0.25, 0.3) is 15.9 Å². The van der Waals surface area contributed by atoms with Crippen LogP contribution in [0.5, 0.6) is 5.75 Å². The van der Waals surface area contributed by atoms with E-state index >= 15 is 0 Å². The van der Waals surface area contributed by atoms with Crippen molar-refractivity contribution in [2.75, 3.05) is 7.05 Å². The van der Waals surface area contributed by atoms with Gasteiger partial charge >= 0.3 is 6.18 Å². The van der Waals surface area contributed by atoms with Gasteiger partial charge in [-0.15, -0.1) is 11.3 Å². The molecule has 9 heteroatoms. The van der Waals surface area contributed by atoms with Gasteiger partial charge in [-0.3, -0.25) is 4.79 Å². The number of fused-ring (bicyclic) bond motifs is 1. The Bertz CT molecular complexity index is 1260. The van der Waals surface area contributed by atoms with Crippen molar-refractivity contribution in [3.05, 3.63) is 76.3 Å². The Morgan fingerprint density at radius 1 is 1.16 bits per heavy atom. The molecule has 0 aliphatic carbocycles. The summed E-state index contributed by atoms with van der Waals surface area (Å²) in [4.78, 5) is 15.6. The smallest absolute Gasteiger partial charge is 0.416 e. The van der Waals surface area contributed by atoms with E-state index in [0.29, 0.717) is 21.9 Å². The topological polar surface area (TPSA) is 58.4 Å². The van der Waals surface area contributed by atoms with E-state index < -0.39 is 11.7 Å². The quantitative estimate of drug-likeness (QED) is 0.458. The van der Waals surface area contributed by atoms with Crippen LogP contribution in [0, 0.1) is 6.92 Å². The van der Waals surface area contributed by atoms with Crippen LogP contribution in [0.15, 0.2) is 54.6 Å². The molecule has 0 aliphatic rings. The molecule has 160 valence electrons. The van der Waals surface area contributed by atoms with E-state index in [2.05, 4.69) is 5.10 Å². The van der Waals surface area contributed by atoms with Crippen LogP contribution in [-0.2, 0) is 12.7 Å². The molecule has 0 atom stereocenters. The fourth-order valence-corrected chi connectivity index (χ4v) is 4.45. The lowest BCUT2D eigenvalue weighted by Crippen LogP contribution is -2.25. The molecule has 0 spiro atoms. The fraction of sp³-hybridized carbons (Fsp3) is 0.182. The van der Waals surface area contributed by atoms with E-state index in [1.165, 1.54) is 22.1 Å². The zero-order chi connectivity index (χ0) is 22.3. The van der Waals surface area contributed by atoms with Crippen molar-refractivity contribution in [1.29, 1.82) is 0 Å². The van der Waals surface area contributed by atoms with Crippen LogP contribution in [0.1, 0.15) is 26.5 Å². The lowest BCUT2D eigenvalue weighted by Gasteiger charge is -2.16. The maximum atomic E-state index is 13.1. The third kappa shape index (κ3) is 4.13. The van der Waals surface area contributed by atoms with Gasteiger partial charge in [-0.25, -0.2) is 4.68 Å². The second kappa shape index (κ2) is 7.73. The van der Waals surface area contributed by atoms with Crippen LogP contribution in [0.2, 0.25) is 0 Å². The standard InChI is InChI=1S/C22H18F3N3O2S/c1-13-18-11-19(20(30)27(2)12-14-6-8-17(29)9-7-14)31-21(18)28(26-13)16-5-3-4-15(10-16)22(23,24)25/h3-11,29H,12H2,1-2H3. The highest BCUT2D eigenvalue weighted by atomic mass is 32.1. The minimum Gasteiger partial charge on any atom is -0.508 e. The minimum absolute atomic E-state index is 0.150. The lowest BCUT2D eigenvalue weighted by molar-refractivity contribution is -0.137. The molecule has 1 N–H and O–H groups in total. The highest BCUT2D eigenvalue weighted by Crippen LogP contribution is 2.34. The van der Waals surface area contributed by atoms with Crippen molar-refractivity contribution < 1.29 is 23.1 Å². The molecule has 5 nitrogen and oxygen atoms in total. The maximum Gasteiger partial charge on any atom is 0.416 e. The summed E-state index contributed by atoms with van der Waals surface area (Å²) in [6.45, 7) is 2.11. The fourth-order valence-electron chi connectivity index (χ4n) is 3.28. The first-order valence-corrected chi connectivity index (χ1v) is 10.2. The molecule has 0 unspecified atom stereocenters. The number of hydrogen-bond donors (Lipinski definition) is 1. The number of carbonyl (C=O) groups is 1. The first kappa shape index (κ1) is 20.9. The van der Waals surface area contributed by atoms with Crippen molar-refractivity contribution in [1.82, 2.24) is 14.7 Å². The van der Waals surface area contributed by atoms with Crippen molar-refractivity contribution in [2.24, 2.45) is 0 Å². The molecule has 0 saturated carbocycles. The number of carbonyl (C=O) groups excluding carboxylic acids is 1. The zero-order valence-electron chi connectivity index (χ0n) is 16.6. The Morgan fingerprint density at radius 3 is 2.55 bits per heavy atom. The summed E-state index contributed by atoms with van der Waals surface area (Å²) in [7, 11) is 1.67. The number of aromatic hydroxyl groups is 1. The largest absolute Gasteiger partial charge is 0.508 e. The van der Waals surface area contributed by atoms with Gasteiger partial charge in [0.1, 0.15) is 10.6 Å². The van der Waals surface area contributed by atoms with Gasteiger partial charge in [0, 0.05) is 19.0 Å². The van der Waals surface area contributed by atoms with Gasteiger partial charge in [-0.05, 0) is 48.9 Å². The number of halogens is 3. The highest BCUT2D eigenvalue weighted by Gasteiger charge is 2.31. The normalized spacial score (nSPS) is 11.8. The lowest BCUT2D eigenvalue weighted by atomic mass is 10.2. The van der Waals surface area contributed by atoms with Gasteiger partial charge in [-0.1, -0.05) is 18.2 Å². The molecular weight excluding hydrogens is 427 g/mol. The van der Waals surface area contributed by atoms with Gasteiger partial charge in [0.15, 0.2) is 0 Å². The molecule has 0 bridgehead atoms. The van der Waals surface area contributed by atoms with Crippen LogP contribution in [-0.4, -0.2) is 32.7 Å². The van der Waals surface area contributed by atoms with Crippen LogP contribution in [0.3, 0.4) is 0 Å². The van der Waals surface area contributed by atoms with Crippen molar-refractivity contribution in [3.63, 3.8) is 0 Å². The SMILES string of the molecule is Cc1nn(-c2cccc(C(F)(F)F)c2)c2sc(C(=O)N(C)Cc3ccc(O)cc3)cc12. The number of hydrogen-bond acceptors (Lipinski definition) is 4. The third-order valence-corrected chi connectivity index (χ3v) is 5.97. The summed E-state index contributed by atoms with van der Waals surface area (Å²) in [6.07, 6.45) is -4.45. The average Bonchev–Trinajstić information content (AvgIpc) is 3.29. The first-order valence-electron chi connectivity index (χ1n) is 9.33. The number of nitrogens with zero attached hydrogens (tertiary/aromatic N) is 3. The van der Waals surface area contributed by atoms with E-state index in [0.717, 1.165) is 23.1 Å². The predicted molar refractivity (Wildman–Crippen MR) is 113 cm³/mol. The van der Waals surface area contributed by atoms with E-state index in [-0.39, 0.29) is 17.3 Å². The van der Waals surface area contributed by atoms with Crippen LogP contribution < -0.4 is 0 Å². The Hall–Kier alpha value is -3.33. The number of aromatic nitrogens is 2. The van der Waals surface area contributed by atoms with E-state index in [1.807, 2.05) is 0 Å². The average molecular weight is 445 g/mol. The van der Waals surface area contributed by atoms with Gasteiger partial charge in [0.2, 0.25) is 0 Å². The number of alkyl halides is 3. The highest BCUT2D eigenvalue weighted by molar-refractivity contribution is 7.20. The Balaban J connectivity index is 1.66. The number of aryl methyl sites for hydroxylation is 1. The Labute approximate surface area is 180 Å².